The summed E-state index contributed by atoms with van der Waals surface area (Å²) in [6.07, 6.45) is 1.32. The van der Waals surface area contributed by atoms with Gasteiger partial charge in [-0.05, 0) is 18.9 Å². The Hall–Kier alpha value is -2.74. The number of hydrogen-bond acceptors (Lipinski definition) is 6. The number of ether oxygens (including phenoxy) is 1. The van der Waals surface area contributed by atoms with Gasteiger partial charge in [-0.3, -0.25) is 4.57 Å². The first-order chi connectivity index (χ1) is 13.2. The summed E-state index contributed by atoms with van der Waals surface area (Å²) in [7, 11) is 0. The number of aromatic nitrogens is 5. The highest BCUT2D eigenvalue weighted by Gasteiger charge is 2.35. The average molecular weight is 369 g/mol. The standard InChI is InChI=1S/C19H23N5O3/c1-3-15-20-21-16(27-15)12-24-19(25)23(4-2)18(22-24)17-14(10-11-26-17)13-8-6-5-7-9-13/h5-9,14,17H,3-4,10-12H2,1-2H3/t14-,17-/m0/s1. The van der Waals surface area contributed by atoms with E-state index in [1.54, 1.807) is 4.57 Å². The Labute approximate surface area is 156 Å². The predicted octanol–water partition coefficient (Wildman–Crippen LogP) is 2.30. The minimum Gasteiger partial charge on any atom is -0.423 e. The maximum Gasteiger partial charge on any atom is 0.346 e. The first kappa shape index (κ1) is 17.7. The fourth-order valence-corrected chi connectivity index (χ4v) is 3.58. The summed E-state index contributed by atoms with van der Waals surface area (Å²) in [5.74, 6) is 1.77. The van der Waals surface area contributed by atoms with E-state index in [-0.39, 0.29) is 24.3 Å². The van der Waals surface area contributed by atoms with Crippen molar-refractivity contribution in [2.24, 2.45) is 0 Å². The van der Waals surface area contributed by atoms with Crippen LogP contribution in [-0.4, -0.2) is 31.2 Å². The third-order valence-corrected chi connectivity index (χ3v) is 4.94. The largest absolute Gasteiger partial charge is 0.423 e. The lowest BCUT2D eigenvalue weighted by Crippen LogP contribution is -2.26. The van der Waals surface area contributed by atoms with Crippen molar-refractivity contribution in [1.29, 1.82) is 0 Å². The van der Waals surface area contributed by atoms with E-state index in [2.05, 4.69) is 27.4 Å². The summed E-state index contributed by atoms with van der Waals surface area (Å²) >= 11 is 0. The molecule has 4 rings (SSSR count). The van der Waals surface area contributed by atoms with Gasteiger partial charge in [0, 0.05) is 25.5 Å². The molecule has 3 heterocycles. The van der Waals surface area contributed by atoms with Crippen molar-refractivity contribution >= 4 is 0 Å². The zero-order chi connectivity index (χ0) is 18.8. The van der Waals surface area contributed by atoms with Gasteiger partial charge >= 0.3 is 5.69 Å². The Morgan fingerprint density at radius 3 is 2.63 bits per heavy atom. The minimum atomic E-state index is -0.241. The smallest absolute Gasteiger partial charge is 0.346 e. The maximum atomic E-state index is 12.8. The summed E-state index contributed by atoms with van der Waals surface area (Å²) in [6.45, 7) is 5.21. The molecule has 0 aliphatic carbocycles. The number of nitrogens with zero attached hydrogens (tertiary/aromatic N) is 5. The van der Waals surface area contributed by atoms with Gasteiger partial charge in [0.1, 0.15) is 12.6 Å². The third kappa shape index (κ3) is 3.32. The van der Waals surface area contributed by atoms with Gasteiger partial charge in [-0.25, -0.2) is 9.48 Å². The quantitative estimate of drug-likeness (QED) is 0.662. The van der Waals surface area contributed by atoms with Crippen LogP contribution in [0.3, 0.4) is 0 Å². The number of rotatable bonds is 6. The lowest BCUT2D eigenvalue weighted by atomic mass is 9.92. The minimum absolute atomic E-state index is 0.161. The van der Waals surface area contributed by atoms with Gasteiger partial charge in [-0.1, -0.05) is 37.3 Å². The van der Waals surface area contributed by atoms with Crippen LogP contribution in [0.1, 0.15) is 55.5 Å². The monoisotopic (exact) mass is 369 g/mol. The summed E-state index contributed by atoms with van der Waals surface area (Å²) in [5.41, 5.74) is 1.01. The van der Waals surface area contributed by atoms with Gasteiger partial charge in [0.05, 0.1) is 0 Å². The summed E-state index contributed by atoms with van der Waals surface area (Å²) in [4.78, 5) is 12.8. The molecular weight excluding hydrogens is 346 g/mol. The van der Waals surface area contributed by atoms with Crippen LogP contribution < -0.4 is 5.69 Å². The molecule has 2 aromatic heterocycles. The van der Waals surface area contributed by atoms with E-state index in [4.69, 9.17) is 9.15 Å². The molecule has 8 nitrogen and oxygen atoms in total. The fraction of sp³-hybridized carbons (Fsp3) is 0.474. The third-order valence-electron chi connectivity index (χ3n) is 4.94. The molecule has 0 unspecified atom stereocenters. The van der Waals surface area contributed by atoms with Crippen LogP contribution in [0.25, 0.3) is 0 Å². The molecular formula is C19H23N5O3. The fourth-order valence-electron chi connectivity index (χ4n) is 3.58. The second kappa shape index (κ2) is 7.48. The van der Waals surface area contributed by atoms with Crippen molar-refractivity contribution in [2.75, 3.05) is 6.61 Å². The topological polar surface area (TPSA) is 88.0 Å². The molecule has 0 N–H and O–H groups in total. The van der Waals surface area contributed by atoms with Gasteiger partial charge in [0.25, 0.3) is 0 Å². The average Bonchev–Trinajstić information content (AvgIpc) is 3.42. The molecule has 0 spiro atoms. The molecule has 0 bridgehead atoms. The summed E-state index contributed by atoms with van der Waals surface area (Å²) in [6, 6.07) is 10.2. The van der Waals surface area contributed by atoms with Crippen LogP contribution in [0.5, 0.6) is 0 Å². The number of hydrogen-bond donors (Lipinski definition) is 0. The van der Waals surface area contributed by atoms with E-state index in [0.29, 0.717) is 37.2 Å². The van der Waals surface area contributed by atoms with Gasteiger partial charge in [0.2, 0.25) is 11.8 Å². The predicted molar refractivity (Wildman–Crippen MR) is 97.4 cm³/mol. The maximum absolute atomic E-state index is 12.8. The van der Waals surface area contributed by atoms with Crippen molar-refractivity contribution in [3.63, 3.8) is 0 Å². The second-order valence-electron chi connectivity index (χ2n) is 6.58. The van der Waals surface area contributed by atoms with Gasteiger partial charge < -0.3 is 9.15 Å². The summed E-state index contributed by atoms with van der Waals surface area (Å²) in [5, 5.41) is 12.5. The molecule has 8 heteroatoms. The van der Waals surface area contributed by atoms with E-state index in [9.17, 15) is 4.79 Å². The molecule has 142 valence electrons. The van der Waals surface area contributed by atoms with E-state index < -0.39 is 0 Å². The van der Waals surface area contributed by atoms with Crippen LogP contribution in [0.4, 0.5) is 0 Å². The molecule has 0 saturated carbocycles. The van der Waals surface area contributed by atoms with Crippen molar-refractivity contribution < 1.29 is 9.15 Å². The number of aryl methyl sites for hydroxylation is 1. The molecule has 0 amide bonds. The Kier molecular flexibility index (Phi) is 4.89. The lowest BCUT2D eigenvalue weighted by molar-refractivity contribution is 0.0933. The zero-order valence-electron chi connectivity index (χ0n) is 15.5. The zero-order valence-corrected chi connectivity index (χ0v) is 15.5. The molecule has 0 radical (unpaired) electrons. The van der Waals surface area contributed by atoms with Crippen LogP contribution in [-0.2, 0) is 24.2 Å². The molecule has 27 heavy (non-hydrogen) atoms. The summed E-state index contributed by atoms with van der Waals surface area (Å²) < 4.78 is 14.6. The van der Waals surface area contributed by atoms with E-state index in [1.807, 2.05) is 32.0 Å². The van der Waals surface area contributed by atoms with Crippen LogP contribution in [0.2, 0.25) is 0 Å². The molecule has 3 aromatic rings. The highest BCUT2D eigenvalue weighted by Crippen LogP contribution is 2.40. The van der Waals surface area contributed by atoms with Gasteiger partial charge in [-0.15, -0.1) is 10.2 Å². The Morgan fingerprint density at radius 1 is 1.15 bits per heavy atom. The Bertz CT molecular complexity index is 959. The normalized spacial score (nSPS) is 19.6. The molecule has 1 aromatic carbocycles. The highest BCUT2D eigenvalue weighted by atomic mass is 16.5. The SMILES string of the molecule is CCc1nnc(Cn2nc([C@H]3OCC[C@H]3c3ccccc3)n(CC)c2=O)o1. The van der Waals surface area contributed by atoms with Crippen LogP contribution in [0, 0.1) is 0 Å². The molecule has 2 atom stereocenters. The van der Waals surface area contributed by atoms with Gasteiger partial charge in [0.15, 0.2) is 5.82 Å². The molecule has 1 fully saturated rings. The van der Waals surface area contributed by atoms with Crippen molar-refractivity contribution in [3.05, 3.63) is 64.0 Å². The van der Waals surface area contributed by atoms with E-state index >= 15 is 0 Å². The molecule has 1 aliphatic heterocycles. The van der Waals surface area contributed by atoms with E-state index in [1.165, 1.54) is 10.2 Å². The highest BCUT2D eigenvalue weighted by molar-refractivity contribution is 5.23. The van der Waals surface area contributed by atoms with Crippen molar-refractivity contribution in [3.8, 4) is 0 Å². The Morgan fingerprint density at radius 2 is 1.93 bits per heavy atom. The molecule has 1 aliphatic rings. The second-order valence-corrected chi connectivity index (χ2v) is 6.58. The Balaban J connectivity index is 1.67. The van der Waals surface area contributed by atoms with Crippen LogP contribution >= 0.6 is 0 Å². The van der Waals surface area contributed by atoms with E-state index in [0.717, 1.165) is 6.42 Å². The van der Waals surface area contributed by atoms with Crippen LogP contribution in [0.15, 0.2) is 39.5 Å². The van der Waals surface area contributed by atoms with Crippen molar-refractivity contribution in [2.45, 2.75) is 51.8 Å². The number of benzene rings is 1. The first-order valence-electron chi connectivity index (χ1n) is 9.36. The first-order valence-corrected chi connectivity index (χ1v) is 9.36. The van der Waals surface area contributed by atoms with Gasteiger partial charge in [-0.2, -0.15) is 5.10 Å². The van der Waals surface area contributed by atoms with Crippen molar-refractivity contribution in [1.82, 2.24) is 24.5 Å². The molecule has 1 saturated heterocycles. The lowest BCUT2D eigenvalue weighted by Gasteiger charge is -2.18.